The van der Waals surface area contributed by atoms with Gasteiger partial charge in [-0.25, -0.2) is 9.78 Å². The average molecular weight is 429 g/mol. The number of aryl methyl sites for hydroxylation is 2. The van der Waals surface area contributed by atoms with Crippen LogP contribution < -0.4 is 16.0 Å². The van der Waals surface area contributed by atoms with Crippen LogP contribution in [0.15, 0.2) is 59.1 Å². The summed E-state index contributed by atoms with van der Waals surface area (Å²) in [5.74, 6) is -0.327. The highest BCUT2D eigenvalue weighted by Gasteiger charge is 2.19. The Morgan fingerprint density at radius 3 is 2.41 bits per heavy atom. The van der Waals surface area contributed by atoms with Gasteiger partial charge in [-0.3, -0.25) is 4.79 Å². The third kappa shape index (κ3) is 4.44. The number of nitrogens with zero attached hydrogens (tertiary/aromatic N) is 2. The Morgan fingerprint density at radius 2 is 1.69 bits per heavy atom. The van der Waals surface area contributed by atoms with Gasteiger partial charge in [0.15, 0.2) is 0 Å². The fourth-order valence-electron chi connectivity index (χ4n) is 3.35. The van der Waals surface area contributed by atoms with Crippen LogP contribution in [0.3, 0.4) is 0 Å². The third-order valence-electron chi connectivity index (χ3n) is 4.92. The zero-order valence-corrected chi connectivity index (χ0v) is 18.0. The molecular weight excluding hydrogens is 406 g/mol. The number of urea groups is 1. The molecule has 0 saturated carbocycles. The van der Waals surface area contributed by atoms with Crippen LogP contribution in [-0.2, 0) is 0 Å². The van der Waals surface area contributed by atoms with Crippen LogP contribution in [-0.4, -0.2) is 28.6 Å². The number of aromatic nitrogens is 2. The van der Waals surface area contributed by atoms with Gasteiger partial charge < -0.3 is 20.5 Å². The summed E-state index contributed by atoms with van der Waals surface area (Å²) in [5.41, 5.74) is 5.02. The molecule has 0 atom stereocenters. The molecule has 4 aromatic rings. The fourth-order valence-corrected chi connectivity index (χ4v) is 3.35. The fraction of sp³-hybridized carbons (Fsp3) is 0.167. The lowest BCUT2D eigenvalue weighted by Crippen LogP contribution is -2.28. The van der Waals surface area contributed by atoms with Crippen molar-refractivity contribution in [2.75, 3.05) is 17.2 Å². The molecule has 2 aromatic heterocycles. The lowest BCUT2D eigenvalue weighted by molar-refractivity contribution is 0.102. The summed E-state index contributed by atoms with van der Waals surface area (Å²) in [6, 6.07) is 16.2. The van der Waals surface area contributed by atoms with Crippen molar-refractivity contribution in [1.82, 2.24) is 15.5 Å². The highest BCUT2D eigenvalue weighted by atomic mass is 16.5. The summed E-state index contributed by atoms with van der Waals surface area (Å²) in [6.45, 7) is 6.13. The molecule has 3 amide bonds. The van der Waals surface area contributed by atoms with E-state index in [0.717, 1.165) is 11.1 Å². The minimum Gasteiger partial charge on any atom is -0.338 e. The number of carbonyl (C=O) groups excluding carboxylic acids is 2. The van der Waals surface area contributed by atoms with E-state index in [2.05, 4.69) is 26.1 Å². The molecule has 0 aliphatic rings. The van der Waals surface area contributed by atoms with Crippen LogP contribution >= 0.6 is 0 Å². The van der Waals surface area contributed by atoms with Gasteiger partial charge in [0, 0.05) is 23.5 Å². The van der Waals surface area contributed by atoms with Crippen LogP contribution in [0.4, 0.5) is 16.2 Å². The topological polar surface area (TPSA) is 109 Å². The molecule has 8 heteroatoms. The molecule has 0 fully saturated rings. The minimum atomic E-state index is -0.327. The van der Waals surface area contributed by atoms with Gasteiger partial charge in [0.2, 0.25) is 0 Å². The molecule has 0 unspecified atom stereocenters. The lowest BCUT2D eigenvalue weighted by atomic mass is 10.0. The van der Waals surface area contributed by atoms with Gasteiger partial charge in [0.25, 0.3) is 11.6 Å². The van der Waals surface area contributed by atoms with Crippen LogP contribution in [0.5, 0.6) is 0 Å². The number of rotatable bonds is 5. The number of fused-ring (bicyclic) bond motifs is 1. The Morgan fingerprint density at radius 1 is 0.969 bits per heavy atom. The highest BCUT2D eigenvalue weighted by molar-refractivity contribution is 6.13. The number of carbonyl (C=O) groups is 2. The molecule has 2 heterocycles. The second-order valence-electron chi connectivity index (χ2n) is 7.39. The van der Waals surface area contributed by atoms with Gasteiger partial charge >= 0.3 is 6.03 Å². The number of hydrogen-bond acceptors (Lipinski definition) is 5. The SMILES string of the molecule is CCNC(=O)Nc1cccc(NC(=O)c2cc(-c3ccc(C)cc3)nc3onc(C)c23)c1. The standard InChI is InChI=1S/C24H23N5O3/c1-4-25-24(31)27-18-7-5-6-17(12-18)26-22(30)19-13-20(16-10-8-14(2)9-11-16)28-23-21(19)15(3)29-32-23/h5-13H,4H2,1-3H3,(H,26,30)(H2,25,27,31). The van der Waals surface area contributed by atoms with Crippen molar-refractivity contribution in [3.8, 4) is 11.3 Å². The smallest absolute Gasteiger partial charge is 0.319 e. The average Bonchev–Trinajstić information content (AvgIpc) is 3.15. The molecule has 4 rings (SSSR count). The summed E-state index contributed by atoms with van der Waals surface area (Å²) < 4.78 is 5.37. The van der Waals surface area contributed by atoms with Crippen LogP contribution in [0.2, 0.25) is 0 Å². The van der Waals surface area contributed by atoms with Crippen molar-refractivity contribution >= 4 is 34.4 Å². The van der Waals surface area contributed by atoms with Crippen LogP contribution in [0, 0.1) is 13.8 Å². The van der Waals surface area contributed by atoms with E-state index < -0.39 is 0 Å². The van der Waals surface area contributed by atoms with Crippen molar-refractivity contribution in [3.63, 3.8) is 0 Å². The van der Waals surface area contributed by atoms with Crippen molar-refractivity contribution in [2.24, 2.45) is 0 Å². The maximum atomic E-state index is 13.2. The minimum absolute atomic E-state index is 0.303. The van der Waals surface area contributed by atoms with E-state index in [1.165, 1.54) is 0 Å². The first-order chi connectivity index (χ1) is 15.4. The lowest BCUT2D eigenvalue weighted by Gasteiger charge is -2.11. The second kappa shape index (κ2) is 8.89. The van der Waals surface area contributed by atoms with Gasteiger partial charge in [-0.05, 0) is 45.0 Å². The molecule has 0 aliphatic heterocycles. The first-order valence-corrected chi connectivity index (χ1v) is 10.2. The van der Waals surface area contributed by atoms with E-state index in [0.29, 0.717) is 46.0 Å². The molecule has 32 heavy (non-hydrogen) atoms. The van der Waals surface area contributed by atoms with Gasteiger partial charge in [0.05, 0.1) is 22.3 Å². The van der Waals surface area contributed by atoms with E-state index >= 15 is 0 Å². The summed E-state index contributed by atoms with van der Waals surface area (Å²) in [4.78, 5) is 29.6. The Labute approximate surface area is 185 Å². The van der Waals surface area contributed by atoms with Crippen LogP contribution in [0.25, 0.3) is 22.4 Å². The molecule has 0 radical (unpaired) electrons. The molecular formula is C24H23N5O3. The maximum Gasteiger partial charge on any atom is 0.319 e. The predicted octanol–water partition coefficient (Wildman–Crippen LogP) is 4.90. The Balaban J connectivity index is 1.67. The molecule has 0 saturated heterocycles. The number of hydrogen-bond donors (Lipinski definition) is 3. The van der Waals surface area contributed by atoms with E-state index in [1.54, 1.807) is 37.3 Å². The number of nitrogens with one attached hydrogen (secondary N) is 3. The summed E-state index contributed by atoms with van der Waals surface area (Å²) in [7, 11) is 0. The third-order valence-corrected chi connectivity index (χ3v) is 4.92. The zero-order chi connectivity index (χ0) is 22.7. The summed E-state index contributed by atoms with van der Waals surface area (Å²) >= 11 is 0. The van der Waals surface area contributed by atoms with Gasteiger partial charge in [-0.1, -0.05) is 41.1 Å². The van der Waals surface area contributed by atoms with E-state index in [-0.39, 0.29) is 11.9 Å². The van der Waals surface area contributed by atoms with E-state index in [1.807, 2.05) is 38.1 Å². The van der Waals surface area contributed by atoms with Gasteiger partial charge in [-0.15, -0.1) is 0 Å². The monoisotopic (exact) mass is 429 g/mol. The van der Waals surface area contributed by atoms with E-state index in [4.69, 9.17) is 4.52 Å². The van der Waals surface area contributed by atoms with Crippen molar-refractivity contribution in [2.45, 2.75) is 20.8 Å². The molecule has 3 N–H and O–H groups in total. The zero-order valence-electron chi connectivity index (χ0n) is 18.0. The number of anilines is 2. The Kier molecular flexibility index (Phi) is 5.85. The largest absolute Gasteiger partial charge is 0.338 e. The number of amides is 3. The number of benzene rings is 2. The molecule has 0 aliphatic carbocycles. The molecule has 2 aromatic carbocycles. The van der Waals surface area contributed by atoms with Crippen molar-refractivity contribution in [1.29, 1.82) is 0 Å². The summed E-state index contributed by atoms with van der Waals surface area (Å²) in [6.07, 6.45) is 0. The maximum absolute atomic E-state index is 13.2. The van der Waals surface area contributed by atoms with Gasteiger partial charge in [0.1, 0.15) is 0 Å². The Hall–Kier alpha value is -4.20. The number of pyridine rings is 1. The molecule has 162 valence electrons. The van der Waals surface area contributed by atoms with E-state index in [9.17, 15) is 9.59 Å². The Bertz CT molecular complexity index is 1290. The van der Waals surface area contributed by atoms with Gasteiger partial charge in [-0.2, -0.15) is 0 Å². The summed E-state index contributed by atoms with van der Waals surface area (Å²) in [5, 5.41) is 12.8. The first kappa shape index (κ1) is 21.0. The quantitative estimate of drug-likeness (QED) is 0.418. The molecule has 8 nitrogen and oxygen atoms in total. The van der Waals surface area contributed by atoms with Crippen molar-refractivity contribution < 1.29 is 14.1 Å². The van der Waals surface area contributed by atoms with Crippen molar-refractivity contribution in [3.05, 3.63) is 71.4 Å². The second-order valence-corrected chi connectivity index (χ2v) is 7.39. The highest BCUT2D eigenvalue weighted by Crippen LogP contribution is 2.28. The predicted molar refractivity (Wildman–Crippen MR) is 124 cm³/mol. The molecule has 0 spiro atoms. The van der Waals surface area contributed by atoms with Crippen LogP contribution in [0.1, 0.15) is 28.5 Å². The first-order valence-electron chi connectivity index (χ1n) is 10.2. The normalized spacial score (nSPS) is 10.7. The molecule has 0 bridgehead atoms.